The second-order valence-electron chi connectivity index (χ2n) is 4.97. The average Bonchev–Trinajstić information content (AvgIpc) is 2.52. The zero-order valence-corrected chi connectivity index (χ0v) is 13.2. The van der Waals surface area contributed by atoms with E-state index in [1.54, 1.807) is 0 Å². The van der Waals surface area contributed by atoms with Gasteiger partial charge in [0.25, 0.3) is 0 Å². The molecule has 0 saturated heterocycles. The second kappa shape index (κ2) is 6.25. The van der Waals surface area contributed by atoms with Crippen molar-refractivity contribution in [2.45, 2.75) is 4.90 Å². The highest BCUT2D eigenvalue weighted by Crippen LogP contribution is 2.21. The van der Waals surface area contributed by atoms with Gasteiger partial charge in [-0.15, -0.1) is 0 Å². The molecule has 0 unspecified atom stereocenters. The smallest absolute Gasteiger partial charge is 0.336 e. The zero-order chi connectivity index (χ0) is 18.1. The van der Waals surface area contributed by atoms with E-state index in [1.807, 2.05) is 0 Å². The number of aromatic carboxylic acids is 2. The quantitative estimate of drug-likeness (QED) is 0.788. The molecule has 0 spiro atoms. The van der Waals surface area contributed by atoms with Crippen LogP contribution in [0.15, 0.2) is 47.4 Å². The van der Waals surface area contributed by atoms with Crippen molar-refractivity contribution in [1.29, 1.82) is 0 Å². The Hall–Kier alpha value is -3.00. The highest BCUT2D eigenvalue weighted by atomic mass is 32.2. The van der Waals surface area contributed by atoms with Crippen LogP contribution in [-0.2, 0) is 9.84 Å². The first-order valence-electron chi connectivity index (χ1n) is 6.57. The van der Waals surface area contributed by atoms with E-state index in [2.05, 4.69) is 0 Å². The van der Waals surface area contributed by atoms with Gasteiger partial charge in [0, 0.05) is 17.4 Å². The van der Waals surface area contributed by atoms with Crippen molar-refractivity contribution in [1.82, 2.24) is 0 Å². The van der Waals surface area contributed by atoms with Crippen molar-refractivity contribution in [2.24, 2.45) is 0 Å². The van der Waals surface area contributed by atoms with Gasteiger partial charge in [0.2, 0.25) is 0 Å². The van der Waals surface area contributed by atoms with Gasteiger partial charge in [-0.25, -0.2) is 18.0 Å². The Morgan fingerprint density at radius 1 is 0.833 bits per heavy atom. The van der Waals surface area contributed by atoms with Gasteiger partial charge in [-0.05, 0) is 24.3 Å². The summed E-state index contributed by atoms with van der Waals surface area (Å²) in [5.74, 6) is -3.66. The van der Waals surface area contributed by atoms with Crippen LogP contribution in [0.2, 0.25) is 0 Å². The summed E-state index contributed by atoms with van der Waals surface area (Å²) in [6.07, 6.45) is 0.954. The Balaban J connectivity index is 2.63. The van der Waals surface area contributed by atoms with E-state index in [0.717, 1.165) is 24.5 Å². The van der Waals surface area contributed by atoms with Crippen molar-refractivity contribution < 1.29 is 33.0 Å². The number of hydrogen-bond donors (Lipinski definition) is 2. The number of carboxylic acid groups (broad SMARTS) is 2. The largest absolute Gasteiger partial charge is 0.478 e. The fraction of sp³-hybridized carbons (Fsp3) is 0.0625. The molecule has 2 aromatic rings. The predicted molar refractivity (Wildman–Crippen MR) is 83.3 cm³/mol. The summed E-state index contributed by atoms with van der Waals surface area (Å²) in [6, 6.07) is 8.60. The maximum absolute atomic E-state index is 12.6. The molecule has 0 aliphatic rings. The lowest BCUT2D eigenvalue weighted by Gasteiger charge is -2.09. The topological polar surface area (TPSA) is 126 Å². The van der Waals surface area contributed by atoms with Gasteiger partial charge in [0.05, 0.1) is 16.0 Å². The molecular formula is C16H12O7S. The molecule has 8 heteroatoms. The van der Waals surface area contributed by atoms with Crippen molar-refractivity contribution in [2.75, 3.05) is 6.26 Å². The molecule has 0 amide bonds. The van der Waals surface area contributed by atoms with Gasteiger partial charge in [0.15, 0.2) is 15.6 Å². The molecule has 0 heterocycles. The third-order valence-corrected chi connectivity index (χ3v) is 4.43. The minimum Gasteiger partial charge on any atom is -0.478 e. The number of carbonyl (C=O) groups excluding carboxylic acids is 1. The molecule has 0 atom stereocenters. The highest BCUT2D eigenvalue weighted by molar-refractivity contribution is 7.90. The van der Waals surface area contributed by atoms with E-state index in [4.69, 9.17) is 10.2 Å². The predicted octanol–water partition coefficient (Wildman–Crippen LogP) is 1.72. The number of carbonyl (C=O) groups is 3. The molecule has 0 fully saturated rings. The summed E-state index contributed by atoms with van der Waals surface area (Å²) in [4.78, 5) is 34.6. The normalized spacial score (nSPS) is 11.0. The monoisotopic (exact) mass is 348 g/mol. The lowest BCUT2D eigenvalue weighted by molar-refractivity contribution is 0.0651. The maximum atomic E-state index is 12.6. The number of ketones is 1. The van der Waals surface area contributed by atoms with E-state index in [0.29, 0.717) is 0 Å². The maximum Gasteiger partial charge on any atom is 0.336 e. The average molecular weight is 348 g/mol. The number of sulfone groups is 1. The lowest BCUT2D eigenvalue weighted by atomic mass is 9.98. The van der Waals surface area contributed by atoms with Crippen LogP contribution < -0.4 is 0 Å². The highest BCUT2D eigenvalue weighted by Gasteiger charge is 2.22. The summed E-state index contributed by atoms with van der Waals surface area (Å²) in [5.41, 5.74) is -1.24. The Bertz CT molecular complexity index is 958. The van der Waals surface area contributed by atoms with Gasteiger partial charge >= 0.3 is 11.9 Å². The summed E-state index contributed by atoms with van der Waals surface area (Å²) in [5, 5.41) is 18.1. The molecule has 0 aromatic heterocycles. The number of benzene rings is 2. The molecule has 24 heavy (non-hydrogen) atoms. The van der Waals surface area contributed by atoms with Crippen LogP contribution in [0.5, 0.6) is 0 Å². The van der Waals surface area contributed by atoms with Gasteiger partial charge < -0.3 is 10.2 Å². The van der Waals surface area contributed by atoms with E-state index in [9.17, 15) is 22.8 Å². The van der Waals surface area contributed by atoms with Crippen molar-refractivity contribution in [3.8, 4) is 0 Å². The molecule has 0 saturated carbocycles. The summed E-state index contributed by atoms with van der Waals surface area (Å²) in [6.45, 7) is 0. The van der Waals surface area contributed by atoms with Gasteiger partial charge in [-0.3, -0.25) is 4.79 Å². The number of hydrogen-bond acceptors (Lipinski definition) is 5. The minimum absolute atomic E-state index is 0.112. The number of rotatable bonds is 5. The van der Waals surface area contributed by atoms with Crippen LogP contribution in [0.3, 0.4) is 0 Å². The van der Waals surface area contributed by atoms with Crippen LogP contribution in [0.25, 0.3) is 0 Å². The molecule has 2 N–H and O–H groups in total. The molecule has 2 rings (SSSR count). The lowest BCUT2D eigenvalue weighted by Crippen LogP contribution is -2.13. The first kappa shape index (κ1) is 17.4. The van der Waals surface area contributed by atoms with Gasteiger partial charge in [0.1, 0.15) is 0 Å². The molecule has 2 aromatic carbocycles. The second-order valence-corrected chi connectivity index (χ2v) is 6.95. The van der Waals surface area contributed by atoms with Crippen molar-refractivity contribution in [3.63, 3.8) is 0 Å². The summed E-state index contributed by atoms with van der Waals surface area (Å²) in [7, 11) is -3.67. The van der Waals surface area contributed by atoms with E-state index in [1.165, 1.54) is 24.3 Å². The Morgan fingerprint density at radius 3 is 1.96 bits per heavy atom. The van der Waals surface area contributed by atoms with E-state index < -0.39 is 38.7 Å². The van der Waals surface area contributed by atoms with Gasteiger partial charge in [-0.2, -0.15) is 0 Å². The van der Waals surface area contributed by atoms with Crippen LogP contribution >= 0.6 is 0 Å². The molecular weight excluding hydrogens is 336 g/mol. The Kier molecular flexibility index (Phi) is 4.52. The number of carboxylic acids is 2. The Morgan fingerprint density at radius 2 is 1.42 bits per heavy atom. The fourth-order valence-corrected chi connectivity index (χ4v) is 3.07. The minimum atomic E-state index is -3.67. The fourth-order valence-electron chi connectivity index (χ4n) is 2.18. The standard InChI is InChI=1S/C16H12O7S/c1-24(22,23)13-5-3-2-4-11(13)14(17)9-6-7-10(15(18)19)12(8-9)16(20)21/h2-8H,1H3,(H,18,19)(H,20,21). The molecule has 0 aliphatic carbocycles. The van der Waals surface area contributed by atoms with Crippen LogP contribution in [0.1, 0.15) is 36.6 Å². The third kappa shape index (κ3) is 3.33. The molecule has 124 valence electrons. The van der Waals surface area contributed by atoms with Crippen LogP contribution in [-0.4, -0.2) is 42.6 Å². The SMILES string of the molecule is CS(=O)(=O)c1ccccc1C(=O)c1ccc(C(=O)O)c(C(=O)O)c1. The van der Waals surface area contributed by atoms with Crippen molar-refractivity contribution >= 4 is 27.6 Å². The summed E-state index contributed by atoms with van der Waals surface area (Å²) < 4.78 is 23.6. The first-order chi connectivity index (χ1) is 11.1. The van der Waals surface area contributed by atoms with Crippen molar-refractivity contribution in [3.05, 3.63) is 64.7 Å². The molecule has 7 nitrogen and oxygen atoms in total. The third-order valence-electron chi connectivity index (χ3n) is 3.27. The molecule has 0 aliphatic heterocycles. The van der Waals surface area contributed by atoms with Crippen LogP contribution in [0, 0.1) is 0 Å². The van der Waals surface area contributed by atoms with E-state index >= 15 is 0 Å². The van der Waals surface area contributed by atoms with Crippen LogP contribution in [0.4, 0.5) is 0 Å². The van der Waals surface area contributed by atoms with Gasteiger partial charge in [-0.1, -0.05) is 18.2 Å². The molecule has 0 bridgehead atoms. The zero-order valence-electron chi connectivity index (χ0n) is 12.4. The first-order valence-corrected chi connectivity index (χ1v) is 8.46. The Labute approximate surface area is 137 Å². The summed E-state index contributed by atoms with van der Waals surface area (Å²) >= 11 is 0. The molecule has 0 radical (unpaired) electrons. The van der Waals surface area contributed by atoms with E-state index in [-0.39, 0.29) is 16.0 Å².